The summed E-state index contributed by atoms with van der Waals surface area (Å²) >= 11 is 0. The minimum absolute atomic E-state index is 0.174. The second-order valence-electron chi connectivity index (χ2n) is 5.92. The van der Waals surface area contributed by atoms with E-state index >= 15 is 0 Å². The summed E-state index contributed by atoms with van der Waals surface area (Å²) in [6.45, 7) is 7.85. The van der Waals surface area contributed by atoms with Crippen LogP contribution in [0.2, 0.25) is 0 Å². The van der Waals surface area contributed by atoms with Gasteiger partial charge in [-0.2, -0.15) is 0 Å². The molecule has 4 nitrogen and oxygen atoms in total. The molecule has 0 heterocycles. The molecule has 1 N–H and O–H groups in total. The minimum Gasteiger partial charge on any atom is -0.491 e. The molecule has 128 valence electrons. The highest BCUT2D eigenvalue weighted by molar-refractivity contribution is 5.94. The van der Waals surface area contributed by atoms with Gasteiger partial charge >= 0.3 is 0 Å². The van der Waals surface area contributed by atoms with Crippen molar-refractivity contribution in [2.45, 2.75) is 46.3 Å². The molecule has 0 spiro atoms. The van der Waals surface area contributed by atoms with Crippen molar-refractivity contribution in [3.8, 4) is 11.5 Å². The number of hydrogen-bond acceptors (Lipinski definition) is 3. The van der Waals surface area contributed by atoms with Gasteiger partial charge in [-0.15, -0.1) is 0 Å². The van der Waals surface area contributed by atoms with Gasteiger partial charge in [0.15, 0.2) is 6.10 Å². The van der Waals surface area contributed by atoms with Gasteiger partial charge in [0.05, 0.1) is 6.10 Å². The number of nitrogens with one attached hydrogen (secondary N) is 1. The zero-order valence-corrected chi connectivity index (χ0v) is 14.7. The van der Waals surface area contributed by atoms with Crippen molar-refractivity contribution in [1.82, 2.24) is 0 Å². The molecular formula is C20H25NO3. The molecule has 2 unspecified atom stereocenters. The lowest BCUT2D eigenvalue weighted by Crippen LogP contribution is -2.30. The van der Waals surface area contributed by atoms with Crippen LogP contribution in [0.5, 0.6) is 11.5 Å². The number of rotatable bonds is 7. The lowest BCUT2D eigenvalue weighted by atomic mass is 10.2. The van der Waals surface area contributed by atoms with Crippen molar-refractivity contribution in [2.24, 2.45) is 0 Å². The number of amides is 1. The van der Waals surface area contributed by atoms with E-state index in [9.17, 15) is 4.79 Å². The van der Waals surface area contributed by atoms with E-state index in [2.05, 4.69) is 12.2 Å². The lowest BCUT2D eigenvalue weighted by molar-refractivity contribution is -0.122. The molecule has 2 aromatic rings. The van der Waals surface area contributed by atoms with E-state index in [1.54, 1.807) is 6.92 Å². The van der Waals surface area contributed by atoms with Gasteiger partial charge in [-0.1, -0.05) is 24.6 Å². The summed E-state index contributed by atoms with van der Waals surface area (Å²) in [5.74, 6) is 1.29. The maximum atomic E-state index is 12.2. The van der Waals surface area contributed by atoms with Crippen molar-refractivity contribution in [1.29, 1.82) is 0 Å². The molecule has 0 saturated carbocycles. The van der Waals surface area contributed by atoms with E-state index in [1.807, 2.05) is 62.4 Å². The fraction of sp³-hybridized carbons (Fsp3) is 0.350. The van der Waals surface area contributed by atoms with Gasteiger partial charge in [-0.3, -0.25) is 4.79 Å². The Hall–Kier alpha value is -2.49. The van der Waals surface area contributed by atoms with Crippen LogP contribution in [0.4, 0.5) is 5.69 Å². The Balaban J connectivity index is 1.90. The van der Waals surface area contributed by atoms with Crippen molar-refractivity contribution >= 4 is 11.6 Å². The number of carbonyl (C=O) groups is 1. The number of anilines is 1. The van der Waals surface area contributed by atoms with Crippen LogP contribution in [0.3, 0.4) is 0 Å². The molecule has 0 saturated heterocycles. The molecule has 0 bridgehead atoms. The molecule has 1 amide bonds. The number of hydrogen-bond donors (Lipinski definition) is 1. The summed E-state index contributed by atoms with van der Waals surface area (Å²) in [6, 6.07) is 15.0. The molecular weight excluding hydrogens is 302 g/mol. The van der Waals surface area contributed by atoms with Crippen LogP contribution in [-0.2, 0) is 4.79 Å². The molecule has 2 aromatic carbocycles. The van der Waals surface area contributed by atoms with Gasteiger partial charge in [0.25, 0.3) is 5.91 Å². The van der Waals surface area contributed by atoms with E-state index in [0.29, 0.717) is 5.75 Å². The molecule has 2 rings (SSSR count). The van der Waals surface area contributed by atoms with Crippen molar-refractivity contribution in [3.05, 3.63) is 54.1 Å². The Morgan fingerprint density at radius 1 is 0.958 bits per heavy atom. The second-order valence-corrected chi connectivity index (χ2v) is 5.92. The molecule has 0 aliphatic rings. The van der Waals surface area contributed by atoms with E-state index in [1.165, 1.54) is 0 Å². The van der Waals surface area contributed by atoms with Gasteiger partial charge < -0.3 is 14.8 Å². The highest BCUT2D eigenvalue weighted by Gasteiger charge is 2.15. The lowest BCUT2D eigenvalue weighted by Gasteiger charge is -2.16. The van der Waals surface area contributed by atoms with Gasteiger partial charge in [0, 0.05) is 5.69 Å². The molecule has 2 atom stereocenters. The van der Waals surface area contributed by atoms with E-state index in [0.717, 1.165) is 23.4 Å². The quantitative estimate of drug-likeness (QED) is 0.810. The van der Waals surface area contributed by atoms with Crippen molar-refractivity contribution in [3.63, 3.8) is 0 Å². The molecule has 0 fully saturated rings. The topological polar surface area (TPSA) is 47.6 Å². The maximum absolute atomic E-state index is 12.2. The van der Waals surface area contributed by atoms with Gasteiger partial charge in [0.1, 0.15) is 11.5 Å². The van der Waals surface area contributed by atoms with Crippen LogP contribution in [-0.4, -0.2) is 18.1 Å². The largest absolute Gasteiger partial charge is 0.491 e. The maximum Gasteiger partial charge on any atom is 0.265 e. The third-order valence-corrected chi connectivity index (χ3v) is 3.74. The average Bonchev–Trinajstić information content (AvgIpc) is 2.58. The molecule has 0 aromatic heterocycles. The number of ether oxygens (including phenoxy) is 2. The first-order chi connectivity index (χ1) is 11.5. The van der Waals surface area contributed by atoms with Crippen LogP contribution in [0, 0.1) is 6.92 Å². The summed E-state index contributed by atoms with van der Waals surface area (Å²) in [6.07, 6.45) is 0.545. The average molecular weight is 327 g/mol. The molecule has 0 radical (unpaired) electrons. The zero-order chi connectivity index (χ0) is 17.5. The van der Waals surface area contributed by atoms with Crippen LogP contribution in [0.15, 0.2) is 48.5 Å². The molecule has 4 heteroatoms. The highest BCUT2D eigenvalue weighted by Crippen LogP contribution is 2.18. The normalized spacial score (nSPS) is 13.0. The Labute approximate surface area is 143 Å². The summed E-state index contributed by atoms with van der Waals surface area (Å²) in [4.78, 5) is 12.2. The molecule has 0 aliphatic carbocycles. The first kappa shape index (κ1) is 17.9. The number of carbonyl (C=O) groups excluding carboxylic acids is 1. The van der Waals surface area contributed by atoms with Crippen molar-refractivity contribution in [2.75, 3.05) is 5.32 Å². The summed E-state index contributed by atoms with van der Waals surface area (Å²) < 4.78 is 11.4. The van der Waals surface area contributed by atoms with Crippen LogP contribution < -0.4 is 14.8 Å². The van der Waals surface area contributed by atoms with Crippen molar-refractivity contribution < 1.29 is 14.3 Å². The van der Waals surface area contributed by atoms with Gasteiger partial charge in [-0.05, 0) is 63.6 Å². The zero-order valence-electron chi connectivity index (χ0n) is 14.7. The molecule has 24 heavy (non-hydrogen) atoms. The van der Waals surface area contributed by atoms with Gasteiger partial charge in [0.2, 0.25) is 0 Å². The van der Waals surface area contributed by atoms with Gasteiger partial charge in [-0.25, -0.2) is 0 Å². The fourth-order valence-corrected chi connectivity index (χ4v) is 2.05. The van der Waals surface area contributed by atoms with E-state index in [4.69, 9.17) is 9.47 Å². The van der Waals surface area contributed by atoms with E-state index < -0.39 is 6.10 Å². The first-order valence-corrected chi connectivity index (χ1v) is 8.29. The fourth-order valence-electron chi connectivity index (χ4n) is 2.05. The minimum atomic E-state index is -0.580. The van der Waals surface area contributed by atoms with Crippen LogP contribution >= 0.6 is 0 Å². The first-order valence-electron chi connectivity index (χ1n) is 8.29. The Morgan fingerprint density at radius 2 is 1.50 bits per heavy atom. The number of aryl methyl sites for hydroxylation is 1. The monoisotopic (exact) mass is 327 g/mol. The Kier molecular flexibility index (Phi) is 6.24. The van der Waals surface area contributed by atoms with Crippen LogP contribution in [0.25, 0.3) is 0 Å². The smallest absolute Gasteiger partial charge is 0.265 e. The highest BCUT2D eigenvalue weighted by atomic mass is 16.5. The predicted octanol–water partition coefficient (Wildman–Crippen LogP) is 4.58. The second kappa shape index (κ2) is 8.39. The number of benzene rings is 2. The predicted molar refractivity (Wildman–Crippen MR) is 96.7 cm³/mol. The Bertz CT molecular complexity index is 650. The third-order valence-electron chi connectivity index (χ3n) is 3.74. The van der Waals surface area contributed by atoms with Crippen LogP contribution in [0.1, 0.15) is 32.8 Å². The third kappa shape index (κ3) is 5.30. The molecule has 0 aliphatic heterocycles. The summed E-state index contributed by atoms with van der Waals surface area (Å²) in [7, 11) is 0. The summed E-state index contributed by atoms with van der Waals surface area (Å²) in [5.41, 5.74) is 1.87. The SMILES string of the molecule is CCC(C)Oc1ccc(NC(=O)C(C)Oc2ccc(C)cc2)cc1. The van der Waals surface area contributed by atoms with E-state index in [-0.39, 0.29) is 12.0 Å². The Morgan fingerprint density at radius 3 is 2.08 bits per heavy atom. The summed E-state index contributed by atoms with van der Waals surface area (Å²) in [5, 5.41) is 2.85. The standard InChI is InChI=1S/C20H25NO3/c1-5-15(3)23-18-12-8-17(9-13-18)21-20(22)16(4)24-19-10-6-14(2)7-11-19/h6-13,15-16H,5H2,1-4H3,(H,21,22).